The second kappa shape index (κ2) is 5.63. The van der Waals surface area contributed by atoms with Gasteiger partial charge in [-0.3, -0.25) is 10.1 Å². The van der Waals surface area contributed by atoms with Crippen molar-refractivity contribution in [2.45, 2.75) is 6.42 Å². The number of carboxylic acid groups (broad SMARTS) is 1. The first-order chi connectivity index (χ1) is 8.06. The SMILES string of the molecule is NCCC#Cc1ccc(C(=O)O)cc1[N+](=O)[O-]. The molecular weight excluding hydrogens is 224 g/mol. The molecule has 0 spiro atoms. The van der Waals surface area contributed by atoms with E-state index < -0.39 is 10.9 Å². The average molecular weight is 234 g/mol. The molecule has 88 valence electrons. The van der Waals surface area contributed by atoms with Gasteiger partial charge in [0.05, 0.1) is 10.5 Å². The summed E-state index contributed by atoms with van der Waals surface area (Å²) in [6, 6.07) is 3.60. The number of hydrogen-bond donors (Lipinski definition) is 2. The lowest BCUT2D eigenvalue weighted by molar-refractivity contribution is -0.385. The third kappa shape index (κ3) is 3.29. The second-order valence-electron chi connectivity index (χ2n) is 3.13. The fourth-order valence-corrected chi connectivity index (χ4v) is 1.15. The van der Waals surface area contributed by atoms with Crippen molar-refractivity contribution in [1.29, 1.82) is 0 Å². The molecule has 0 heterocycles. The van der Waals surface area contributed by atoms with Gasteiger partial charge in [0.2, 0.25) is 0 Å². The van der Waals surface area contributed by atoms with Gasteiger partial charge in [0.1, 0.15) is 5.56 Å². The monoisotopic (exact) mass is 234 g/mol. The Hall–Kier alpha value is -2.39. The van der Waals surface area contributed by atoms with Gasteiger partial charge >= 0.3 is 5.97 Å². The molecule has 0 fully saturated rings. The van der Waals surface area contributed by atoms with Crippen molar-refractivity contribution in [1.82, 2.24) is 0 Å². The minimum atomic E-state index is -1.21. The van der Waals surface area contributed by atoms with Crippen molar-refractivity contribution in [3.05, 3.63) is 39.4 Å². The lowest BCUT2D eigenvalue weighted by atomic mass is 10.1. The molecule has 0 saturated carbocycles. The Balaban J connectivity index is 3.19. The molecule has 1 aromatic carbocycles. The Morgan fingerprint density at radius 1 is 1.53 bits per heavy atom. The first-order valence-corrected chi connectivity index (χ1v) is 4.77. The molecule has 1 aromatic rings. The summed E-state index contributed by atoms with van der Waals surface area (Å²) in [6.07, 6.45) is 0.428. The van der Waals surface area contributed by atoms with E-state index in [0.29, 0.717) is 13.0 Å². The Bertz CT molecular complexity index is 514. The maximum absolute atomic E-state index is 10.7. The van der Waals surface area contributed by atoms with Crippen molar-refractivity contribution in [2.75, 3.05) is 6.54 Å². The van der Waals surface area contributed by atoms with Gasteiger partial charge in [0.25, 0.3) is 5.69 Å². The quantitative estimate of drug-likeness (QED) is 0.460. The molecule has 0 atom stereocenters. The zero-order valence-electron chi connectivity index (χ0n) is 8.84. The minimum Gasteiger partial charge on any atom is -0.478 e. The zero-order chi connectivity index (χ0) is 12.8. The fourth-order valence-electron chi connectivity index (χ4n) is 1.15. The van der Waals surface area contributed by atoms with Crippen LogP contribution in [-0.4, -0.2) is 22.5 Å². The molecule has 0 radical (unpaired) electrons. The molecule has 0 aromatic heterocycles. The van der Waals surface area contributed by atoms with E-state index in [0.717, 1.165) is 6.07 Å². The van der Waals surface area contributed by atoms with Gasteiger partial charge in [-0.25, -0.2) is 4.79 Å². The molecule has 17 heavy (non-hydrogen) atoms. The maximum Gasteiger partial charge on any atom is 0.335 e. The molecule has 1 rings (SSSR count). The molecule has 3 N–H and O–H groups in total. The number of nitro benzene ring substituents is 1. The highest BCUT2D eigenvalue weighted by atomic mass is 16.6. The van der Waals surface area contributed by atoms with E-state index in [9.17, 15) is 14.9 Å². The third-order valence-corrected chi connectivity index (χ3v) is 1.93. The summed E-state index contributed by atoms with van der Waals surface area (Å²) in [5.74, 6) is 4.05. The van der Waals surface area contributed by atoms with E-state index in [4.69, 9.17) is 10.8 Å². The first kappa shape index (κ1) is 12.7. The van der Waals surface area contributed by atoms with E-state index >= 15 is 0 Å². The first-order valence-electron chi connectivity index (χ1n) is 4.77. The third-order valence-electron chi connectivity index (χ3n) is 1.93. The summed E-state index contributed by atoms with van der Waals surface area (Å²) < 4.78 is 0. The number of nitrogens with zero attached hydrogens (tertiary/aromatic N) is 1. The van der Waals surface area contributed by atoms with Gasteiger partial charge < -0.3 is 10.8 Å². The predicted octanol–water partition coefficient (Wildman–Crippen LogP) is 0.993. The van der Waals surface area contributed by atoms with Crippen LogP contribution in [-0.2, 0) is 0 Å². The highest BCUT2D eigenvalue weighted by Gasteiger charge is 2.15. The van der Waals surface area contributed by atoms with Gasteiger partial charge in [-0.1, -0.05) is 11.8 Å². The van der Waals surface area contributed by atoms with Crippen LogP contribution in [0.15, 0.2) is 18.2 Å². The van der Waals surface area contributed by atoms with Crippen LogP contribution >= 0.6 is 0 Å². The van der Waals surface area contributed by atoms with Gasteiger partial charge in [0, 0.05) is 19.0 Å². The van der Waals surface area contributed by atoms with E-state index in [1.54, 1.807) is 0 Å². The molecule has 0 amide bonds. The highest BCUT2D eigenvalue weighted by molar-refractivity contribution is 5.88. The topological polar surface area (TPSA) is 106 Å². The summed E-state index contributed by atoms with van der Waals surface area (Å²) >= 11 is 0. The number of carboxylic acids is 1. The highest BCUT2D eigenvalue weighted by Crippen LogP contribution is 2.19. The van der Waals surface area contributed by atoms with Crippen LogP contribution in [0.2, 0.25) is 0 Å². The molecule has 0 aliphatic carbocycles. The number of carbonyl (C=O) groups is 1. The largest absolute Gasteiger partial charge is 0.478 e. The molecule has 0 unspecified atom stereocenters. The summed E-state index contributed by atoms with van der Waals surface area (Å²) in [7, 11) is 0. The molecule has 6 heteroatoms. The second-order valence-corrected chi connectivity index (χ2v) is 3.13. The van der Waals surface area contributed by atoms with Gasteiger partial charge in [-0.05, 0) is 12.1 Å². The number of benzene rings is 1. The van der Waals surface area contributed by atoms with Crippen LogP contribution in [0.5, 0.6) is 0 Å². The smallest absolute Gasteiger partial charge is 0.335 e. The van der Waals surface area contributed by atoms with Crippen LogP contribution in [0.3, 0.4) is 0 Å². The van der Waals surface area contributed by atoms with Crippen molar-refractivity contribution < 1.29 is 14.8 Å². The van der Waals surface area contributed by atoms with Crippen molar-refractivity contribution in [3.63, 3.8) is 0 Å². The van der Waals surface area contributed by atoms with Gasteiger partial charge in [-0.15, -0.1) is 0 Å². The number of hydrogen-bond acceptors (Lipinski definition) is 4. The Kier molecular flexibility index (Phi) is 4.20. The number of nitro groups is 1. The van der Waals surface area contributed by atoms with E-state index in [1.807, 2.05) is 0 Å². The standard InChI is InChI=1S/C11H10N2O4/c12-6-2-1-3-8-4-5-9(11(14)15)7-10(8)13(16)17/h4-5,7H,2,6,12H2,(H,14,15). The molecule has 0 saturated heterocycles. The van der Waals surface area contributed by atoms with E-state index in [1.165, 1.54) is 12.1 Å². The fraction of sp³-hybridized carbons (Fsp3) is 0.182. The Labute approximate surface area is 97.2 Å². The molecule has 0 bridgehead atoms. The molecule has 6 nitrogen and oxygen atoms in total. The molecule has 0 aliphatic rings. The normalized spacial score (nSPS) is 9.24. The lowest BCUT2D eigenvalue weighted by Crippen LogP contribution is -2.00. The van der Waals surface area contributed by atoms with Crippen LogP contribution in [0, 0.1) is 22.0 Å². The van der Waals surface area contributed by atoms with E-state index in [2.05, 4.69) is 11.8 Å². The molecular formula is C11H10N2O4. The van der Waals surface area contributed by atoms with Crippen molar-refractivity contribution >= 4 is 11.7 Å². The number of rotatable bonds is 3. The minimum absolute atomic E-state index is 0.138. The van der Waals surface area contributed by atoms with Gasteiger partial charge in [-0.2, -0.15) is 0 Å². The summed E-state index contributed by atoms with van der Waals surface area (Å²) in [5.41, 5.74) is 4.98. The number of aromatic carboxylic acids is 1. The van der Waals surface area contributed by atoms with E-state index in [-0.39, 0.29) is 16.8 Å². The van der Waals surface area contributed by atoms with Gasteiger partial charge in [0.15, 0.2) is 0 Å². The van der Waals surface area contributed by atoms with Crippen LogP contribution in [0.1, 0.15) is 22.3 Å². The molecule has 0 aliphatic heterocycles. The average Bonchev–Trinajstić information content (AvgIpc) is 2.29. The summed E-state index contributed by atoms with van der Waals surface area (Å²) in [4.78, 5) is 20.8. The van der Waals surface area contributed by atoms with Crippen LogP contribution < -0.4 is 5.73 Å². The lowest BCUT2D eigenvalue weighted by Gasteiger charge is -1.97. The summed E-state index contributed by atoms with van der Waals surface area (Å²) in [5, 5.41) is 19.5. The Morgan fingerprint density at radius 3 is 2.76 bits per heavy atom. The Morgan fingerprint density at radius 2 is 2.24 bits per heavy atom. The zero-order valence-corrected chi connectivity index (χ0v) is 8.84. The maximum atomic E-state index is 10.7. The summed E-state index contributed by atoms with van der Waals surface area (Å²) in [6.45, 7) is 0.369. The predicted molar refractivity (Wildman–Crippen MR) is 60.6 cm³/mol. The number of nitrogens with two attached hydrogens (primary N) is 1. The van der Waals surface area contributed by atoms with Crippen molar-refractivity contribution in [3.8, 4) is 11.8 Å². The van der Waals surface area contributed by atoms with Crippen molar-refractivity contribution in [2.24, 2.45) is 5.73 Å². The van der Waals surface area contributed by atoms with Crippen LogP contribution in [0.25, 0.3) is 0 Å². The van der Waals surface area contributed by atoms with Crippen LogP contribution in [0.4, 0.5) is 5.69 Å².